The maximum Gasteiger partial charge on any atom is 0.294 e. The molecular weight excluding hydrogens is 322 g/mol. The zero-order chi connectivity index (χ0) is 17.4. The van der Waals surface area contributed by atoms with E-state index < -0.39 is 5.91 Å². The Balaban J connectivity index is 1.43. The first-order chi connectivity index (χ1) is 12.1. The highest BCUT2D eigenvalue weighted by molar-refractivity contribution is 6.55. The zero-order valence-electron chi connectivity index (χ0n) is 13.4. The van der Waals surface area contributed by atoms with E-state index in [0.29, 0.717) is 23.1 Å². The number of anilines is 1. The third kappa shape index (κ3) is 2.81. The molecule has 1 fully saturated rings. The molecule has 1 saturated heterocycles. The Bertz CT molecular complexity index is 876. The van der Waals surface area contributed by atoms with E-state index in [1.807, 2.05) is 12.1 Å². The zero-order valence-corrected chi connectivity index (χ0v) is 13.4. The SMILES string of the molecule is CN=C1N=C(C2=NC(=O)C(NC(=O)c3ccc(N4CNC4)cc3)=C2)N1. The molecule has 3 N–H and O–H groups in total. The molecule has 4 rings (SSSR count). The molecule has 3 heterocycles. The molecule has 3 aliphatic rings. The van der Waals surface area contributed by atoms with Crippen LogP contribution in [-0.4, -0.2) is 49.7 Å². The van der Waals surface area contributed by atoms with Crippen LogP contribution in [0.5, 0.6) is 0 Å². The molecule has 1 aromatic carbocycles. The summed E-state index contributed by atoms with van der Waals surface area (Å²) in [6.45, 7) is 1.60. The molecule has 0 aliphatic carbocycles. The third-order valence-corrected chi connectivity index (χ3v) is 3.98. The van der Waals surface area contributed by atoms with Gasteiger partial charge < -0.3 is 15.5 Å². The van der Waals surface area contributed by atoms with E-state index in [-0.39, 0.29) is 11.6 Å². The van der Waals surface area contributed by atoms with E-state index in [1.54, 1.807) is 19.2 Å². The molecule has 0 unspecified atom stereocenters. The fourth-order valence-electron chi connectivity index (χ4n) is 2.48. The number of hydrogen-bond donors (Lipinski definition) is 3. The standard InChI is InChI=1S/C16H15N7O2/c1-17-16-21-13(22-16)11-6-12(15(25)19-11)20-14(24)9-2-4-10(5-3-9)23-7-18-8-23/h2-6,18H,7-8H2,1H3,(H,17,21,22)(H,19,20,24,25). The van der Waals surface area contributed by atoms with Gasteiger partial charge in [-0.3, -0.25) is 19.9 Å². The summed E-state index contributed by atoms with van der Waals surface area (Å²) in [4.78, 5) is 38.2. The van der Waals surface area contributed by atoms with Crippen molar-refractivity contribution in [3.8, 4) is 0 Å². The second-order valence-electron chi connectivity index (χ2n) is 5.60. The minimum absolute atomic E-state index is 0.127. The van der Waals surface area contributed by atoms with E-state index >= 15 is 0 Å². The molecule has 0 radical (unpaired) electrons. The molecule has 0 aromatic heterocycles. The van der Waals surface area contributed by atoms with E-state index in [1.165, 1.54) is 6.08 Å². The fourth-order valence-corrected chi connectivity index (χ4v) is 2.48. The van der Waals surface area contributed by atoms with Crippen LogP contribution in [-0.2, 0) is 4.79 Å². The van der Waals surface area contributed by atoms with Crippen molar-refractivity contribution in [2.75, 3.05) is 25.3 Å². The first-order valence-electron chi connectivity index (χ1n) is 7.69. The second kappa shape index (κ2) is 5.95. The van der Waals surface area contributed by atoms with Gasteiger partial charge in [-0.05, 0) is 30.3 Å². The minimum atomic E-state index is -0.502. The van der Waals surface area contributed by atoms with Gasteiger partial charge in [-0.25, -0.2) is 4.99 Å². The van der Waals surface area contributed by atoms with Crippen LogP contribution in [0.1, 0.15) is 10.4 Å². The van der Waals surface area contributed by atoms with Crippen molar-refractivity contribution < 1.29 is 9.59 Å². The number of amides is 2. The molecule has 0 saturated carbocycles. The van der Waals surface area contributed by atoms with E-state index in [9.17, 15) is 9.59 Å². The largest absolute Gasteiger partial charge is 0.346 e. The number of carbonyl (C=O) groups excluding carboxylic acids is 2. The number of aliphatic imine (C=N–C) groups is 3. The second-order valence-corrected chi connectivity index (χ2v) is 5.60. The molecule has 2 amide bonds. The Kier molecular flexibility index (Phi) is 3.62. The van der Waals surface area contributed by atoms with Gasteiger partial charge in [0.25, 0.3) is 11.8 Å². The number of carbonyl (C=O) groups is 2. The molecule has 3 aliphatic heterocycles. The van der Waals surface area contributed by atoms with Gasteiger partial charge in [-0.15, -0.1) is 0 Å². The van der Waals surface area contributed by atoms with Gasteiger partial charge in [0.1, 0.15) is 11.4 Å². The minimum Gasteiger partial charge on any atom is -0.346 e. The number of hydrogen-bond acceptors (Lipinski definition) is 5. The van der Waals surface area contributed by atoms with Crippen LogP contribution in [0.4, 0.5) is 5.69 Å². The lowest BCUT2D eigenvalue weighted by Gasteiger charge is -2.34. The lowest BCUT2D eigenvalue weighted by atomic mass is 10.1. The average molecular weight is 337 g/mol. The van der Waals surface area contributed by atoms with Crippen LogP contribution in [0.2, 0.25) is 0 Å². The quantitative estimate of drug-likeness (QED) is 0.692. The van der Waals surface area contributed by atoms with Crippen molar-refractivity contribution in [2.45, 2.75) is 0 Å². The van der Waals surface area contributed by atoms with Gasteiger partial charge in [0, 0.05) is 18.3 Å². The van der Waals surface area contributed by atoms with E-state index in [0.717, 1.165) is 19.0 Å². The number of nitrogens with one attached hydrogen (secondary N) is 3. The van der Waals surface area contributed by atoms with Gasteiger partial charge >= 0.3 is 0 Å². The summed E-state index contributed by atoms with van der Waals surface area (Å²) in [5.41, 5.74) is 2.02. The van der Waals surface area contributed by atoms with Gasteiger partial charge in [0.2, 0.25) is 5.96 Å². The molecule has 25 heavy (non-hydrogen) atoms. The summed E-state index contributed by atoms with van der Waals surface area (Å²) in [6, 6.07) is 7.21. The molecule has 0 atom stereocenters. The summed E-state index contributed by atoms with van der Waals surface area (Å²) >= 11 is 0. The molecule has 0 bridgehead atoms. The normalized spacial score (nSPS) is 20.2. The highest BCUT2D eigenvalue weighted by Gasteiger charge is 2.27. The summed E-state index contributed by atoms with van der Waals surface area (Å²) in [6.07, 6.45) is 1.50. The molecule has 126 valence electrons. The fraction of sp³-hybridized carbons (Fsp3) is 0.188. The topological polar surface area (TPSA) is 111 Å². The number of guanidine groups is 1. The highest BCUT2D eigenvalue weighted by atomic mass is 16.2. The summed E-state index contributed by atoms with van der Waals surface area (Å²) in [5, 5.41) is 8.62. The summed E-state index contributed by atoms with van der Waals surface area (Å²) < 4.78 is 0. The van der Waals surface area contributed by atoms with Crippen molar-refractivity contribution in [2.24, 2.45) is 15.0 Å². The summed E-state index contributed by atoms with van der Waals surface area (Å²) in [5.74, 6) is 0.0842. The van der Waals surface area contributed by atoms with Crippen molar-refractivity contribution >= 4 is 35.0 Å². The van der Waals surface area contributed by atoms with E-state index in [4.69, 9.17) is 0 Å². The van der Waals surface area contributed by atoms with Crippen LogP contribution >= 0.6 is 0 Å². The molecule has 9 heteroatoms. The molecule has 9 nitrogen and oxygen atoms in total. The van der Waals surface area contributed by atoms with Gasteiger partial charge in [-0.1, -0.05) is 0 Å². The van der Waals surface area contributed by atoms with E-state index in [2.05, 4.69) is 35.8 Å². The van der Waals surface area contributed by atoms with Crippen LogP contribution in [0.15, 0.2) is 51.0 Å². The third-order valence-electron chi connectivity index (χ3n) is 3.98. The average Bonchev–Trinajstić information content (AvgIpc) is 2.86. The van der Waals surface area contributed by atoms with Crippen molar-refractivity contribution in [1.29, 1.82) is 0 Å². The first-order valence-corrected chi connectivity index (χ1v) is 7.69. The smallest absolute Gasteiger partial charge is 0.294 e. The van der Waals surface area contributed by atoms with Crippen LogP contribution < -0.4 is 20.9 Å². The number of nitrogens with zero attached hydrogens (tertiary/aromatic N) is 4. The number of rotatable bonds is 4. The monoisotopic (exact) mass is 337 g/mol. The van der Waals surface area contributed by atoms with Gasteiger partial charge in [0.05, 0.1) is 13.3 Å². The van der Waals surface area contributed by atoms with Crippen molar-refractivity contribution in [1.82, 2.24) is 16.0 Å². The molecular formula is C16H15N7O2. The number of benzene rings is 1. The van der Waals surface area contributed by atoms with Crippen LogP contribution in [0, 0.1) is 0 Å². The van der Waals surface area contributed by atoms with Gasteiger partial charge in [-0.2, -0.15) is 4.99 Å². The Morgan fingerprint density at radius 3 is 2.56 bits per heavy atom. The van der Waals surface area contributed by atoms with Crippen molar-refractivity contribution in [3.05, 3.63) is 41.6 Å². The Labute approximate surface area is 143 Å². The maximum atomic E-state index is 12.3. The first kappa shape index (κ1) is 15.2. The maximum absolute atomic E-state index is 12.3. The lowest BCUT2D eigenvalue weighted by Crippen LogP contribution is -2.52. The van der Waals surface area contributed by atoms with Crippen molar-refractivity contribution in [3.63, 3.8) is 0 Å². The van der Waals surface area contributed by atoms with Crippen LogP contribution in [0.25, 0.3) is 0 Å². The lowest BCUT2D eigenvalue weighted by molar-refractivity contribution is -0.114. The summed E-state index contributed by atoms with van der Waals surface area (Å²) in [7, 11) is 1.61. The Hall–Kier alpha value is -3.33. The number of amidine groups is 1. The highest BCUT2D eigenvalue weighted by Crippen LogP contribution is 2.17. The molecule has 0 spiro atoms. The predicted octanol–water partition coefficient (Wildman–Crippen LogP) is -0.406. The Morgan fingerprint density at radius 1 is 1.24 bits per heavy atom. The Morgan fingerprint density at radius 2 is 1.96 bits per heavy atom. The molecule has 1 aromatic rings. The van der Waals surface area contributed by atoms with Gasteiger partial charge in [0.15, 0.2) is 5.84 Å². The predicted molar refractivity (Wildman–Crippen MR) is 93.7 cm³/mol. The van der Waals surface area contributed by atoms with Crippen LogP contribution in [0.3, 0.4) is 0 Å².